The predicted octanol–water partition coefficient (Wildman–Crippen LogP) is 1.24. The highest BCUT2D eigenvalue weighted by Crippen LogP contribution is 2.18. The third kappa shape index (κ3) is 4.26. The molecule has 0 bridgehead atoms. The minimum atomic E-state index is -2.96. The largest absolute Gasteiger partial charge is 0.309 e. The molecule has 0 spiro atoms. The Morgan fingerprint density at radius 1 is 1.36 bits per heavy atom. The summed E-state index contributed by atoms with van der Waals surface area (Å²) in [5, 5.41) is 7.29. The molecule has 134 valence electrons. The summed E-state index contributed by atoms with van der Waals surface area (Å²) in [6.45, 7) is 2.00. The molecule has 0 radical (unpaired) electrons. The van der Waals surface area contributed by atoms with Crippen LogP contribution in [-0.4, -0.2) is 60.1 Å². The fourth-order valence-electron chi connectivity index (χ4n) is 3.02. The Morgan fingerprint density at radius 3 is 2.72 bits per heavy atom. The van der Waals surface area contributed by atoms with Crippen LogP contribution in [0.3, 0.4) is 0 Å². The quantitative estimate of drug-likeness (QED) is 0.865. The van der Waals surface area contributed by atoms with Crippen molar-refractivity contribution in [2.45, 2.75) is 19.4 Å². The van der Waals surface area contributed by atoms with Crippen LogP contribution < -0.4 is 5.32 Å². The van der Waals surface area contributed by atoms with Crippen LogP contribution in [0, 0.1) is 6.92 Å². The standard InChI is InChI=1S/C17H22N4O3S/c1-13-10-16(21(19-13)14-6-4-3-5-7-14)18-17(22)11-20(2)15-8-9-25(23,24)12-15/h3-7,10,15H,8-9,11-12H2,1-2H3,(H,18,22). The summed E-state index contributed by atoms with van der Waals surface area (Å²) >= 11 is 0. The Morgan fingerprint density at radius 2 is 2.08 bits per heavy atom. The van der Waals surface area contributed by atoms with E-state index in [4.69, 9.17) is 0 Å². The number of nitrogens with one attached hydrogen (secondary N) is 1. The van der Waals surface area contributed by atoms with Crippen molar-refractivity contribution in [1.82, 2.24) is 14.7 Å². The van der Waals surface area contributed by atoms with Gasteiger partial charge in [-0.15, -0.1) is 0 Å². The van der Waals surface area contributed by atoms with Gasteiger partial charge in [0.2, 0.25) is 5.91 Å². The zero-order valence-corrected chi connectivity index (χ0v) is 15.2. The molecule has 1 saturated heterocycles. The number of hydrogen-bond acceptors (Lipinski definition) is 5. The number of hydrogen-bond donors (Lipinski definition) is 1. The number of carbonyl (C=O) groups is 1. The molecule has 25 heavy (non-hydrogen) atoms. The molecule has 3 rings (SSSR count). The van der Waals surface area contributed by atoms with Gasteiger partial charge in [-0.2, -0.15) is 5.10 Å². The summed E-state index contributed by atoms with van der Waals surface area (Å²) in [6, 6.07) is 11.3. The van der Waals surface area contributed by atoms with Crippen LogP contribution in [0.1, 0.15) is 12.1 Å². The summed E-state index contributed by atoms with van der Waals surface area (Å²) in [6.07, 6.45) is 0.577. The van der Waals surface area contributed by atoms with Crippen LogP contribution in [-0.2, 0) is 14.6 Å². The van der Waals surface area contributed by atoms with Crippen LogP contribution in [0.25, 0.3) is 5.69 Å². The molecule has 1 aliphatic heterocycles. The SMILES string of the molecule is Cc1cc(NC(=O)CN(C)C2CCS(=O)(=O)C2)n(-c2ccccc2)n1. The van der Waals surface area contributed by atoms with Gasteiger partial charge >= 0.3 is 0 Å². The maximum Gasteiger partial charge on any atom is 0.239 e. The zero-order valence-electron chi connectivity index (χ0n) is 14.3. The van der Waals surface area contributed by atoms with Crippen LogP contribution in [0.15, 0.2) is 36.4 Å². The fourth-order valence-corrected chi connectivity index (χ4v) is 4.82. The Bertz CT molecular complexity index is 861. The number of aromatic nitrogens is 2. The lowest BCUT2D eigenvalue weighted by Gasteiger charge is -2.22. The van der Waals surface area contributed by atoms with Gasteiger partial charge in [-0.3, -0.25) is 9.69 Å². The van der Waals surface area contributed by atoms with Gasteiger partial charge in [0.25, 0.3) is 0 Å². The fraction of sp³-hybridized carbons (Fsp3) is 0.412. The van der Waals surface area contributed by atoms with Crippen molar-refractivity contribution in [3.05, 3.63) is 42.1 Å². The first-order chi connectivity index (χ1) is 11.8. The first-order valence-corrected chi connectivity index (χ1v) is 9.99. The molecule has 1 amide bonds. The smallest absolute Gasteiger partial charge is 0.239 e. The molecule has 2 heterocycles. The second-order valence-corrected chi connectivity index (χ2v) is 8.67. The third-order valence-corrected chi connectivity index (χ3v) is 6.07. The lowest BCUT2D eigenvalue weighted by molar-refractivity contribution is -0.117. The van der Waals surface area contributed by atoms with Crippen molar-refractivity contribution in [1.29, 1.82) is 0 Å². The van der Waals surface area contributed by atoms with Gasteiger partial charge in [0.1, 0.15) is 5.82 Å². The van der Waals surface area contributed by atoms with Crippen molar-refractivity contribution in [2.24, 2.45) is 0 Å². The van der Waals surface area contributed by atoms with E-state index in [1.54, 1.807) is 16.6 Å². The summed E-state index contributed by atoms with van der Waals surface area (Å²) < 4.78 is 24.9. The molecule has 1 N–H and O–H groups in total. The topological polar surface area (TPSA) is 84.3 Å². The minimum Gasteiger partial charge on any atom is -0.309 e. The number of rotatable bonds is 5. The van der Waals surface area contributed by atoms with E-state index in [-0.39, 0.29) is 30.0 Å². The number of anilines is 1. The van der Waals surface area contributed by atoms with Crippen molar-refractivity contribution in [3.63, 3.8) is 0 Å². The van der Waals surface area contributed by atoms with E-state index in [0.29, 0.717) is 12.2 Å². The monoisotopic (exact) mass is 362 g/mol. The van der Waals surface area contributed by atoms with Crippen molar-refractivity contribution < 1.29 is 13.2 Å². The Balaban J connectivity index is 1.68. The number of benzene rings is 1. The number of nitrogens with zero attached hydrogens (tertiary/aromatic N) is 3. The average Bonchev–Trinajstić information content (AvgIpc) is 3.10. The Labute approximate surface area is 147 Å². The number of sulfone groups is 1. The van der Waals surface area contributed by atoms with Crippen molar-refractivity contribution in [3.8, 4) is 5.69 Å². The van der Waals surface area contributed by atoms with Crippen LogP contribution in [0.4, 0.5) is 5.82 Å². The van der Waals surface area contributed by atoms with Gasteiger partial charge in [0.15, 0.2) is 9.84 Å². The summed E-state index contributed by atoms with van der Waals surface area (Å²) in [4.78, 5) is 14.2. The highest BCUT2D eigenvalue weighted by Gasteiger charge is 2.31. The predicted molar refractivity (Wildman–Crippen MR) is 96.6 cm³/mol. The molecule has 1 fully saturated rings. The van der Waals surface area contributed by atoms with Gasteiger partial charge in [0, 0.05) is 12.1 Å². The molecule has 1 atom stereocenters. The maximum absolute atomic E-state index is 12.4. The molecule has 1 aromatic carbocycles. The first kappa shape index (κ1) is 17.6. The number of carbonyl (C=O) groups excluding carboxylic acids is 1. The summed E-state index contributed by atoms with van der Waals surface area (Å²) in [5.74, 6) is 0.728. The average molecular weight is 362 g/mol. The molecule has 0 saturated carbocycles. The molecule has 1 aliphatic rings. The number of para-hydroxylation sites is 1. The van der Waals surface area contributed by atoms with Crippen molar-refractivity contribution >= 4 is 21.6 Å². The lowest BCUT2D eigenvalue weighted by atomic mass is 10.2. The molecule has 0 aliphatic carbocycles. The highest BCUT2D eigenvalue weighted by molar-refractivity contribution is 7.91. The molecule has 1 unspecified atom stereocenters. The van der Waals surface area contributed by atoms with Crippen LogP contribution in [0.2, 0.25) is 0 Å². The second kappa shape index (κ2) is 6.97. The molecule has 7 nitrogen and oxygen atoms in total. The van der Waals surface area contributed by atoms with E-state index in [9.17, 15) is 13.2 Å². The van der Waals surface area contributed by atoms with E-state index in [0.717, 1.165) is 11.4 Å². The molecular formula is C17H22N4O3S. The first-order valence-electron chi connectivity index (χ1n) is 8.17. The van der Waals surface area contributed by atoms with Crippen molar-refractivity contribution in [2.75, 3.05) is 30.4 Å². The second-order valence-electron chi connectivity index (χ2n) is 6.44. The van der Waals surface area contributed by atoms with Gasteiger partial charge in [0.05, 0.1) is 29.4 Å². The number of amides is 1. The van der Waals surface area contributed by atoms with E-state index < -0.39 is 9.84 Å². The number of aryl methyl sites for hydroxylation is 1. The minimum absolute atomic E-state index is 0.100. The van der Waals surface area contributed by atoms with Gasteiger partial charge in [-0.1, -0.05) is 18.2 Å². The van der Waals surface area contributed by atoms with Gasteiger partial charge < -0.3 is 5.32 Å². The van der Waals surface area contributed by atoms with E-state index in [2.05, 4.69) is 10.4 Å². The third-order valence-electron chi connectivity index (χ3n) is 4.32. The summed E-state index contributed by atoms with van der Waals surface area (Å²) in [5.41, 5.74) is 1.66. The summed E-state index contributed by atoms with van der Waals surface area (Å²) in [7, 11) is -1.18. The number of likely N-dealkylation sites (N-methyl/N-ethyl adjacent to an activating group) is 1. The van der Waals surface area contributed by atoms with Gasteiger partial charge in [-0.25, -0.2) is 13.1 Å². The highest BCUT2D eigenvalue weighted by atomic mass is 32.2. The molecular weight excluding hydrogens is 340 g/mol. The lowest BCUT2D eigenvalue weighted by Crippen LogP contribution is -2.38. The van der Waals surface area contributed by atoms with Crippen LogP contribution in [0.5, 0.6) is 0 Å². The van der Waals surface area contributed by atoms with E-state index in [1.165, 1.54) is 0 Å². The Kier molecular flexibility index (Phi) is 4.91. The van der Waals surface area contributed by atoms with Crippen LogP contribution >= 0.6 is 0 Å². The normalized spacial score (nSPS) is 19.2. The maximum atomic E-state index is 12.4. The zero-order chi connectivity index (χ0) is 18.0. The Hall–Kier alpha value is -2.19. The van der Waals surface area contributed by atoms with E-state index >= 15 is 0 Å². The molecule has 2 aromatic rings. The molecule has 1 aromatic heterocycles. The van der Waals surface area contributed by atoms with E-state index in [1.807, 2.05) is 43.3 Å². The van der Waals surface area contributed by atoms with Gasteiger partial charge in [-0.05, 0) is 32.5 Å². The molecule has 8 heteroatoms.